The van der Waals surface area contributed by atoms with E-state index < -0.39 is 0 Å². The Bertz CT molecular complexity index is 231. The van der Waals surface area contributed by atoms with Crippen molar-refractivity contribution < 1.29 is 0 Å². The second kappa shape index (κ2) is 10.5. The Labute approximate surface area is 108 Å². The average Bonchev–Trinajstić information content (AvgIpc) is 2.34. The lowest BCUT2D eigenvalue weighted by molar-refractivity contribution is 0.349. The minimum atomic E-state index is 0.877. The van der Waals surface area contributed by atoms with E-state index in [1.165, 1.54) is 37.8 Å². The number of hydrogen-bond donors (Lipinski definition) is 0. The van der Waals surface area contributed by atoms with Gasteiger partial charge in [-0.2, -0.15) is 0 Å². The van der Waals surface area contributed by atoms with Gasteiger partial charge in [-0.25, -0.2) is 4.99 Å². The molecule has 0 aromatic rings. The highest BCUT2D eigenvalue weighted by Gasteiger charge is 2.10. The first-order chi connectivity index (χ1) is 8.13. The van der Waals surface area contributed by atoms with E-state index >= 15 is 0 Å². The van der Waals surface area contributed by atoms with Crippen molar-refractivity contribution in [2.75, 3.05) is 7.05 Å². The lowest BCUT2D eigenvalue weighted by Crippen LogP contribution is -2.06. The Morgan fingerprint density at radius 3 is 2.47 bits per heavy atom. The Morgan fingerprint density at radius 2 is 1.94 bits per heavy atom. The lowest BCUT2D eigenvalue weighted by Gasteiger charge is -2.18. The van der Waals surface area contributed by atoms with Crippen LogP contribution >= 0.6 is 0 Å². The zero-order chi connectivity index (χ0) is 13.1. The van der Waals surface area contributed by atoms with Crippen LogP contribution in [0.5, 0.6) is 0 Å². The van der Waals surface area contributed by atoms with Crippen LogP contribution in [0.25, 0.3) is 0 Å². The van der Waals surface area contributed by atoms with Gasteiger partial charge in [0.05, 0.1) is 0 Å². The van der Waals surface area contributed by atoms with E-state index in [1.807, 2.05) is 0 Å². The molecule has 0 radical (unpaired) electrons. The summed E-state index contributed by atoms with van der Waals surface area (Å²) in [5.41, 5.74) is 1.20. The second-order valence-corrected chi connectivity index (χ2v) is 5.15. The molecule has 0 saturated heterocycles. The predicted octanol–water partition coefficient (Wildman–Crippen LogP) is 4.74. The van der Waals surface area contributed by atoms with Gasteiger partial charge in [-0.15, -0.1) is 0 Å². The van der Waals surface area contributed by atoms with Crippen LogP contribution in [0.15, 0.2) is 9.98 Å². The first kappa shape index (κ1) is 16.3. The van der Waals surface area contributed by atoms with Crippen molar-refractivity contribution in [2.24, 2.45) is 21.8 Å². The lowest BCUT2D eigenvalue weighted by atomic mass is 9.88. The molecule has 0 aliphatic carbocycles. The van der Waals surface area contributed by atoms with E-state index in [0.29, 0.717) is 0 Å². The summed E-state index contributed by atoms with van der Waals surface area (Å²) in [7, 11) is 1.76. The van der Waals surface area contributed by atoms with Crippen LogP contribution < -0.4 is 0 Å². The molecule has 2 unspecified atom stereocenters. The highest BCUT2D eigenvalue weighted by Crippen LogP contribution is 2.23. The van der Waals surface area contributed by atoms with Gasteiger partial charge >= 0.3 is 0 Å². The summed E-state index contributed by atoms with van der Waals surface area (Å²) < 4.78 is 0. The summed E-state index contributed by atoms with van der Waals surface area (Å²) in [5.74, 6) is 1.78. The summed E-state index contributed by atoms with van der Waals surface area (Å²) >= 11 is 0. The highest BCUT2D eigenvalue weighted by molar-refractivity contribution is 5.88. The van der Waals surface area contributed by atoms with Crippen molar-refractivity contribution in [2.45, 2.75) is 66.2 Å². The fourth-order valence-corrected chi connectivity index (χ4v) is 2.09. The predicted molar refractivity (Wildman–Crippen MR) is 79.2 cm³/mol. The van der Waals surface area contributed by atoms with Crippen molar-refractivity contribution >= 4 is 12.1 Å². The smallest absolute Gasteiger partial charge is 0.109 e. The van der Waals surface area contributed by atoms with Gasteiger partial charge in [-0.05, 0) is 38.0 Å². The monoisotopic (exact) mass is 238 g/mol. The molecule has 0 fully saturated rings. The maximum atomic E-state index is 4.27. The van der Waals surface area contributed by atoms with E-state index in [-0.39, 0.29) is 0 Å². The van der Waals surface area contributed by atoms with Gasteiger partial charge in [0, 0.05) is 12.8 Å². The molecule has 100 valence electrons. The summed E-state index contributed by atoms with van der Waals surface area (Å²) in [6.45, 7) is 9.07. The third-order valence-corrected chi connectivity index (χ3v) is 3.55. The second-order valence-electron chi connectivity index (χ2n) is 5.15. The van der Waals surface area contributed by atoms with Gasteiger partial charge in [-0.1, -0.05) is 40.0 Å². The average molecular weight is 238 g/mol. The van der Waals surface area contributed by atoms with Crippen LogP contribution in [0.3, 0.4) is 0 Å². The van der Waals surface area contributed by atoms with Gasteiger partial charge in [0.2, 0.25) is 0 Å². The molecule has 2 heteroatoms. The standard InChI is InChI=1S/C15H30N2/c1-6-13(3)11-15(7-2)10-8-9-14(4)17-12-16-5/h12-13,15H,6-11H2,1-5H3. The molecule has 0 heterocycles. The van der Waals surface area contributed by atoms with Crippen molar-refractivity contribution in [3.05, 3.63) is 0 Å². The first-order valence-corrected chi connectivity index (χ1v) is 7.07. The molecule has 0 rings (SSSR count). The topological polar surface area (TPSA) is 24.7 Å². The Balaban J connectivity index is 3.83. The van der Waals surface area contributed by atoms with Gasteiger partial charge < -0.3 is 0 Å². The van der Waals surface area contributed by atoms with Crippen LogP contribution in [0.4, 0.5) is 0 Å². The maximum absolute atomic E-state index is 4.27. The molecule has 0 aromatic heterocycles. The van der Waals surface area contributed by atoms with Crippen LogP contribution in [-0.4, -0.2) is 19.1 Å². The highest BCUT2D eigenvalue weighted by atomic mass is 14.8. The molecule has 2 nitrogen and oxygen atoms in total. The number of nitrogens with zero attached hydrogens (tertiary/aromatic N) is 2. The molecule has 0 aromatic carbocycles. The summed E-state index contributed by atoms with van der Waals surface area (Å²) in [5, 5.41) is 0. The largest absolute Gasteiger partial charge is 0.277 e. The van der Waals surface area contributed by atoms with Crippen LogP contribution in [-0.2, 0) is 0 Å². The Kier molecular flexibility index (Phi) is 10.1. The molecule has 0 aliphatic heterocycles. The fraction of sp³-hybridized carbons (Fsp3) is 0.867. The van der Waals surface area contributed by atoms with Crippen molar-refractivity contribution in [1.29, 1.82) is 0 Å². The van der Waals surface area contributed by atoms with Gasteiger partial charge in [0.15, 0.2) is 0 Å². The molecule has 0 spiro atoms. The first-order valence-electron chi connectivity index (χ1n) is 7.07. The van der Waals surface area contributed by atoms with Crippen LogP contribution in [0.1, 0.15) is 66.2 Å². The molecule has 0 N–H and O–H groups in total. The maximum Gasteiger partial charge on any atom is 0.109 e. The molecular weight excluding hydrogens is 208 g/mol. The van der Waals surface area contributed by atoms with Crippen LogP contribution in [0, 0.1) is 11.8 Å². The zero-order valence-electron chi connectivity index (χ0n) is 12.4. The number of hydrogen-bond acceptors (Lipinski definition) is 1. The van der Waals surface area contributed by atoms with Gasteiger partial charge in [-0.3, -0.25) is 4.99 Å². The minimum Gasteiger partial charge on any atom is -0.277 e. The Morgan fingerprint density at radius 1 is 1.24 bits per heavy atom. The molecule has 2 atom stereocenters. The Hall–Kier alpha value is -0.660. The third-order valence-electron chi connectivity index (χ3n) is 3.55. The molecule has 0 amide bonds. The van der Waals surface area contributed by atoms with Crippen molar-refractivity contribution in [1.82, 2.24) is 0 Å². The normalized spacial score (nSPS) is 16.4. The van der Waals surface area contributed by atoms with E-state index in [0.717, 1.165) is 18.3 Å². The fourth-order valence-electron chi connectivity index (χ4n) is 2.09. The molecule has 0 saturated carbocycles. The summed E-state index contributed by atoms with van der Waals surface area (Å²) in [6, 6.07) is 0. The number of aliphatic imine (C=N–C) groups is 2. The van der Waals surface area contributed by atoms with Crippen molar-refractivity contribution in [3.63, 3.8) is 0 Å². The van der Waals surface area contributed by atoms with E-state index in [2.05, 4.69) is 37.7 Å². The van der Waals surface area contributed by atoms with Gasteiger partial charge in [0.1, 0.15) is 6.34 Å². The third kappa shape index (κ3) is 9.08. The van der Waals surface area contributed by atoms with Crippen molar-refractivity contribution in [3.8, 4) is 0 Å². The SMILES string of the molecule is CCC(C)CC(CC)CCCC(C)=NC=NC. The zero-order valence-corrected chi connectivity index (χ0v) is 12.4. The van der Waals surface area contributed by atoms with E-state index in [9.17, 15) is 0 Å². The summed E-state index contributed by atoms with van der Waals surface area (Å²) in [4.78, 5) is 8.14. The molecule has 0 bridgehead atoms. The molecule has 0 aliphatic rings. The summed E-state index contributed by atoms with van der Waals surface area (Å²) in [6.07, 6.45) is 9.38. The quantitative estimate of drug-likeness (QED) is 0.409. The van der Waals surface area contributed by atoms with Crippen LogP contribution in [0.2, 0.25) is 0 Å². The molecular formula is C15H30N2. The van der Waals surface area contributed by atoms with E-state index in [4.69, 9.17) is 0 Å². The number of rotatable bonds is 9. The van der Waals surface area contributed by atoms with E-state index in [1.54, 1.807) is 13.4 Å². The molecule has 17 heavy (non-hydrogen) atoms. The minimum absolute atomic E-state index is 0.877. The van der Waals surface area contributed by atoms with Gasteiger partial charge in [0.25, 0.3) is 0 Å².